The van der Waals surface area contributed by atoms with Gasteiger partial charge in [-0.3, -0.25) is 4.79 Å². The minimum atomic E-state index is -0.467. The van der Waals surface area contributed by atoms with Crippen LogP contribution in [0.3, 0.4) is 0 Å². The Labute approximate surface area is 126 Å². The van der Waals surface area contributed by atoms with Gasteiger partial charge in [-0.05, 0) is 23.1 Å². The lowest BCUT2D eigenvalue weighted by molar-refractivity contribution is -0.132. The SMILES string of the molecule is CC(=O)Oc1ccc(C=C2N=C(C)OC2=O)c2ccccc12. The van der Waals surface area contributed by atoms with Gasteiger partial charge in [-0.2, -0.15) is 0 Å². The van der Waals surface area contributed by atoms with Crippen LogP contribution in [0.4, 0.5) is 0 Å². The third-order valence-corrected chi connectivity index (χ3v) is 3.19. The zero-order chi connectivity index (χ0) is 15.7. The number of carbonyl (C=O) groups excluding carboxylic acids is 2. The highest BCUT2D eigenvalue weighted by atomic mass is 16.6. The fourth-order valence-electron chi connectivity index (χ4n) is 2.33. The van der Waals surface area contributed by atoms with Gasteiger partial charge < -0.3 is 9.47 Å². The van der Waals surface area contributed by atoms with Crippen molar-refractivity contribution in [3.63, 3.8) is 0 Å². The summed E-state index contributed by atoms with van der Waals surface area (Å²) < 4.78 is 10.1. The van der Waals surface area contributed by atoms with Crippen LogP contribution in [0.1, 0.15) is 19.4 Å². The van der Waals surface area contributed by atoms with Gasteiger partial charge in [-0.25, -0.2) is 9.79 Å². The van der Waals surface area contributed by atoms with Crippen LogP contribution >= 0.6 is 0 Å². The predicted molar refractivity (Wildman–Crippen MR) is 82.4 cm³/mol. The van der Waals surface area contributed by atoms with E-state index in [-0.39, 0.29) is 11.7 Å². The molecule has 3 rings (SSSR count). The van der Waals surface area contributed by atoms with Gasteiger partial charge in [0.1, 0.15) is 5.75 Å². The second-order valence-electron chi connectivity index (χ2n) is 4.84. The molecule has 0 aromatic heterocycles. The Balaban J connectivity index is 2.14. The van der Waals surface area contributed by atoms with Crippen LogP contribution in [0.25, 0.3) is 16.8 Å². The lowest BCUT2D eigenvalue weighted by Gasteiger charge is -2.08. The number of benzene rings is 2. The molecule has 1 aliphatic heterocycles. The minimum Gasteiger partial charge on any atom is -0.426 e. The Morgan fingerprint density at radius 1 is 1.18 bits per heavy atom. The molecule has 0 bridgehead atoms. The number of cyclic esters (lactones) is 1. The second-order valence-corrected chi connectivity index (χ2v) is 4.84. The van der Waals surface area contributed by atoms with Crippen LogP contribution in [-0.4, -0.2) is 17.8 Å². The number of rotatable bonds is 2. The highest BCUT2D eigenvalue weighted by Gasteiger charge is 2.20. The Morgan fingerprint density at radius 2 is 1.91 bits per heavy atom. The van der Waals surface area contributed by atoms with Gasteiger partial charge in [-0.15, -0.1) is 0 Å². The molecule has 0 saturated heterocycles. The standard InChI is InChI=1S/C17H13NO4/c1-10-18-15(17(20)21-10)9-12-7-8-16(22-11(2)19)14-6-4-3-5-13(12)14/h3-9H,1-2H3. The Kier molecular flexibility index (Phi) is 3.47. The summed E-state index contributed by atoms with van der Waals surface area (Å²) in [5.41, 5.74) is 1.06. The maximum Gasteiger partial charge on any atom is 0.363 e. The van der Waals surface area contributed by atoms with Crippen molar-refractivity contribution in [3.8, 4) is 5.75 Å². The molecule has 0 spiro atoms. The van der Waals surface area contributed by atoms with Gasteiger partial charge in [0.15, 0.2) is 11.6 Å². The van der Waals surface area contributed by atoms with Crippen molar-refractivity contribution in [1.82, 2.24) is 0 Å². The molecule has 0 saturated carbocycles. The molecule has 0 N–H and O–H groups in total. The first kappa shape index (κ1) is 14.0. The number of hydrogen-bond donors (Lipinski definition) is 0. The molecule has 5 nitrogen and oxygen atoms in total. The van der Waals surface area contributed by atoms with Crippen LogP contribution in [0.5, 0.6) is 5.75 Å². The van der Waals surface area contributed by atoms with Gasteiger partial charge in [0, 0.05) is 19.2 Å². The number of esters is 2. The summed E-state index contributed by atoms with van der Waals surface area (Å²) in [6, 6.07) is 11.0. The van der Waals surface area contributed by atoms with Crippen LogP contribution in [0, 0.1) is 0 Å². The monoisotopic (exact) mass is 295 g/mol. The number of hydrogen-bond acceptors (Lipinski definition) is 5. The fraction of sp³-hybridized carbons (Fsp3) is 0.118. The number of aliphatic imine (C=N–C) groups is 1. The number of fused-ring (bicyclic) bond motifs is 1. The van der Waals surface area contributed by atoms with Crippen molar-refractivity contribution < 1.29 is 19.1 Å². The average Bonchev–Trinajstić information content (AvgIpc) is 2.79. The summed E-state index contributed by atoms with van der Waals surface area (Å²) >= 11 is 0. The van der Waals surface area contributed by atoms with E-state index < -0.39 is 5.97 Å². The van der Waals surface area contributed by atoms with Crippen molar-refractivity contribution in [3.05, 3.63) is 47.7 Å². The molecule has 0 atom stereocenters. The molecule has 110 valence electrons. The largest absolute Gasteiger partial charge is 0.426 e. The van der Waals surface area contributed by atoms with Crippen LogP contribution in [0.2, 0.25) is 0 Å². The van der Waals surface area contributed by atoms with Crippen LogP contribution in [-0.2, 0) is 14.3 Å². The number of nitrogens with zero attached hydrogens (tertiary/aromatic N) is 1. The highest BCUT2D eigenvalue weighted by molar-refractivity contribution is 6.08. The van der Waals surface area contributed by atoms with Gasteiger partial charge in [-0.1, -0.05) is 30.3 Å². The maximum atomic E-state index is 11.7. The topological polar surface area (TPSA) is 65.0 Å². The summed E-state index contributed by atoms with van der Waals surface area (Å²) in [6.07, 6.45) is 1.67. The molecular weight excluding hydrogens is 282 g/mol. The van der Waals surface area contributed by atoms with E-state index in [1.165, 1.54) is 6.92 Å². The number of ether oxygens (including phenoxy) is 2. The zero-order valence-corrected chi connectivity index (χ0v) is 12.1. The lowest BCUT2D eigenvalue weighted by Crippen LogP contribution is -2.02. The molecule has 0 fully saturated rings. The van der Waals surface area contributed by atoms with Crippen molar-refractivity contribution in [2.45, 2.75) is 13.8 Å². The smallest absolute Gasteiger partial charge is 0.363 e. The molecule has 1 aliphatic rings. The van der Waals surface area contributed by atoms with E-state index in [1.807, 2.05) is 24.3 Å². The molecule has 2 aromatic rings. The van der Waals surface area contributed by atoms with E-state index in [9.17, 15) is 9.59 Å². The molecule has 22 heavy (non-hydrogen) atoms. The minimum absolute atomic E-state index is 0.253. The normalized spacial score (nSPS) is 15.8. The summed E-state index contributed by atoms with van der Waals surface area (Å²) in [7, 11) is 0. The first-order valence-corrected chi connectivity index (χ1v) is 6.74. The van der Waals surface area contributed by atoms with Crippen molar-refractivity contribution >= 4 is 34.7 Å². The second kappa shape index (κ2) is 5.44. The van der Waals surface area contributed by atoms with Gasteiger partial charge >= 0.3 is 11.9 Å². The van der Waals surface area contributed by atoms with E-state index in [1.54, 1.807) is 25.1 Å². The molecule has 0 radical (unpaired) electrons. The molecule has 5 heteroatoms. The molecular formula is C17H13NO4. The third-order valence-electron chi connectivity index (χ3n) is 3.19. The molecule has 1 heterocycles. The quantitative estimate of drug-likeness (QED) is 0.485. The van der Waals surface area contributed by atoms with E-state index in [0.717, 1.165) is 16.3 Å². The summed E-state index contributed by atoms with van der Waals surface area (Å²) in [6.45, 7) is 2.98. The average molecular weight is 295 g/mol. The third kappa shape index (κ3) is 2.61. The Bertz CT molecular complexity index is 849. The van der Waals surface area contributed by atoms with Crippen LogP contribution in [0.15, 0.2) is 47.1 Å². The van der Waals surface area contributed by atoms with Gasteiger partial charge in [0.05, 0.1) is 0 Å². The summed E-state index contributed by atoms with van der Waals surface area (Å²) in [5, 5.41) is 1.65. The summed E-state index contributed by atoms with van der Waals surface area (Å²) in [5.74, 6) is -0.0301. The van der Waals surface area contributed by atoms with E-state index >= 15 is 0 Å². The van der Waals surface area contributed by atoms with Crippen molar-refractivity contribution in [2.24, 2.45) is 4.99 Å². The highest BCUT2D eigenvalue weighted by Crippen LogP contribution is 2.30. The van der Waals surface area contributed by atoms with Gasteiger partial charge in [0.2, 0.25) is 0 Å². The van der Waals surface area contributed by atoms with E-state index in [2.05, 4.69) is 4.99 Å². The van der Waals surface area contributed by atoms with Crippen molar-refractivity contribution in [1.29, 1.82) is 0 Å². The molecule has 2 aromatic carbocycles. The predicted octanol–water partition coefficient (Wildman–Crippen LogP) is 3.08. The first-order valence-electron chi connectivity index (χ1n) is 6.74. The summed E-state index contributed by atoms with van der Waals surface area (Å²) in [4.78, 5) is 26.9. The Hall–Kier alpha value is -2.95. The van der Waals surface area contributed by atoms with E-state index in [0.29, 0.717) is 11.6 Å². The first-order chi connectivity index (χ1) is 10.5. The lowest BCUT2D eigenvalue weighted by atomic mass is 10.0. The van der Waals surface area contributed by atoms with Crippen molar-refractivity contribution in [2.75, 3.05) is 0 Å². The number of carbonyl (C=O) groups is 2. The molecule has 0 aliphatic carbocycles. The zero-order valence-electron chi connectivity index (χ0n) is 12.1. The fourth-order valence-corrected chi connectivity index (χ4v) is 2.33. The maximum absolute atomic E-state index is 11.7. The molecule has 0 unspecified atom stereocenters. The molecule has 0 amide bonds. The van der Waals surface area contributed by atoms with Crippen LogP contribution < -0.4 is 4.74 Å². The van der Waals surface area contributed by atoms with E-state index in [4.69, 9.17) is 9.47 Å². The van der Waals surface area contributed by atoms with Gasteiger partial charge in [0.25, 0.3) is 0 Å². The Morgan fingerprint density at radius 3 is 2.55 bits per heavy atom.